The first kappa shape index (κ1) is 17.0. The van der Waals surface area contributed by atoms with Crippen molar-refractivity contribution in [3.05, 3.63) is 77.4 Å². The van der Waals surface area contributed by atoms with Crippen LogP contribution >= 0.6 is 0 Å². The molecule has 1 nitrogen and oxygen atoms in total. The van der Waals surface area contributed by atoms with Crippen LogP contribution < -0.4 is 0 Å². The summed E-state index contributed by atoms with van der Waals surface area (Å²) in [5.74, 6) is 0.715. The minimum absolute atomic E-state index is 0.00628. The van der Waals surface area contributed by atoms with Gasteiger partial charge in [-0.2, -0.15) is 4.58 Å². The molecule has 5 rings (SSSR count). The summed E-state index contributed by atoms with van der Waals surface area (Å²) in [7, 11) is 0. The molecule has 1 heteroatoms. The summed E-state index contributed by atoms with van der Waals surface area (Å²) in [6.45, 7) is 4.84. The van der Waals surface area contributed by atoms with E-state index in [-0.39, 0.29) is 11.0 Å². The molecule has 1 fully saturated rings. The van der Waals surface area contributed by atoms with Gasteiger partial charge in [-0.05, 0) is 36.3 Å². The van der Waals surface area contributed by atoms with Gasteiger partial charge >= 0.3 is 0 Å². The maximum Gasteiger partial charge on any atom is 0.205 e. The number of allylic oxidation sites excluding steroid dienone is 1. The monoisotopic (exact) mass is 356 g/mol. The lowest BCUT2D eigenvalue weighted by Crippen LogP contribution is -2.44. The van der Waals surface area contributed by atoms with E-state index in [4.69, 9.17) is 0 Å². The van der Waals surface area contributed by atoms with Gasteiger partial charge in [-0.15, -0.1) is 0 Å². The topological polar surface area (TPSA) is 3.01 Å². The highest BCUT2D eigenvalue weighted by molar-refractivity contribution is 5.83. The van der Waals surface area contributed by atoms with Crippen molar-refractivity contribution in [2.75, 3.05) is 0 Å². The third-order valence-electron chi connectivity index (χ3n) is 7.31. The lowest BCUT2D eigenvalue weighted by Gasteiger charge is -2.42. The number of hydrogen-bond donors (Lipinski definition) is 0. The van der Waals surface area contributed by atoms with Gasteiger partial charge in [0.15, 0.2) is 11.8 Å². The minimum Gasteiger partial charge on any atom is -0.193 e. The van der Waals surface area contributed by atoms with Gasteiger partial charge in [0.2, 0.25) is 5.69 Å². The Hall–Kier alpha value is -2.15. The number of rotatable bonds is 2. The molecule has 2 aromatic rings. The Kier molecular flexibility index (Phi) is 3.89. The van der Waals surface area contributed by atoms with Crippen molar-refractivity contribution in [3.8, 4) is 0 Å². The van der Waals surface area contributed by atoms with Gasteiger partial charge in [0.05, 0.1) is 0 Å². The van der Waals surface area contributed by atoms with Gasteiger partial charge in [-0.3, -0.25) is 0 Å². The highest BCUT2D eigenvalue weighted by atomic mass is 15.1. The molecule has 1 heterocycles. The summed E-state index contributed by atoms with van der Waals surface area (Å²) >= 11 is 0. The molecule has 1 saturated carbocycles. The van der Waals surface area contributed by atoms with Crippen LogP contribution in [0.25, 0.3) is 0 Å². The maximum absolute atomic E-state index is 2.61. The molecule has 3 aliphatic rings. The van der Waals surface area contributed by atoms with E-state index >= 15 is 0 Å². The second kappa shape index (κ2) is 6.19. The number of fused-ring (bicyclic) bond motifs is 3. The van der Waals surface area contributed by atoms with Crippen LogP contribution in [-0.4, -0.2) is 16.3 Å². The Morgan fingerprint density at radius 2 is 1.56 bits per heavy atom. The summed E-state index contributed by atoms with van der Waals surface area (Å²) in [6.07, 6.45) is 13.1. The smallest absolute Gasteiger partial charge is 0.193 e. The van der Waals surface area contributed by atoms with E-state index in [1.165, 1.54) is 43.4 Å². The maximum atomic E-state index is 2.61. The first-order valence-electron chi connectivity index (χ1n) is 10.6. The zero-order chi connectivity index (χ0) is 18.5. The summed E-state index contributed by atoms with van der Waals surface area (Å²) in [6, 6.07) is 20.2. The quantitative estimate of drug-likeness (QED) is 0.445. The molecule has 138 valence electrons. The zero-order valence-electron chi connectivity index (χ0n) is 16.6. The van der Waals surface area contributed by atoms with Crippen LogP contribution in [0.3, 0.4) is 0 Å². The van der Waals surface area contributed by atoms with Crippen LogP contribution in [0.15, 0.2) is 66.2 Å². The molecule has 0 N–H and O–H groups in total. The fourth-order valence-electron chi connectivity index (χ4n) is 6.11. The van der Waals surface area contributed by atoms with Gasteiger partial charge in [0.25, 0.3) is 0 Å². The molecule has 2 aliphatic carbocycles. The number of hydrogen-bond acceptors (Lipinski definition) is 0. The van der Waals surface area contributed by atoms with Gasteiger partial charge in [0, 0.05) is 31.6 Å². The third kappa shape index (κ3) is 2.40. The Bertz CT molecular complexity index is 912. The molecular formula is C26H30N+. The van der Waals surface area contributed by atoms with Crippen molar-refractivity contribution in [2.24, 2.45) is 5.92 Å². The van der Waals surface area contributed by atoms with E-state index in [1.807, 2.05) is 0 Å². The van der Waals surface area contributed by atoms with Crippen molar-refractivity contribution < 1.29 is 4.58 Å². The zero-order valence-corrected chi connectivity index (χ0v) is 16.6. The van der Waals surface area contributed by atoms with Crippen LogP contribution in [0.4, 0.5) is 5.69 Å². The molecule has 0 saturated heterocycles. The normalized spacial score (nSPS) is 26.7. The molecule has 0 radical (unpaired) electrons. The highest BCUT2D eigenvalue weighted by Crippen LogP contribution is 2.55. The molecule has 1 atom stereocenters. The van der Waals surface area contributed by atoms with E-state index in [1.54, 1.807) is 11.1 Å². The summed E-state index contributed by atoms with van der Waals surface area (Å²) in [5, 5.41) is 0. The Morgan fingerprint density at radius 1 is 0.852 bits per heavy atom. The minimum atomic E-state index is 0.00628. The second-order valence-electron chi connectivity index (χ2n) is 9.08. The Labute approximate surface area is 163 Å². The van der Waals surface area contributed by atoms with Gasteiger partial charge < -0.3 is 0 Å². The molecule has 0 spiro atoms. The predicted molar refractivity (Wildman–Crippen MR) is 113 cm³/mol. The van der Waals surface area contributed by atoms with E-state index in [2.05, 4.69) is 85.3 Å². The third-order valence-corrected chi connectivity index (χ3v) is 7.31. The number of para-hydroxylation sites is 1. The molecular weight excluding hydrogens is 326 g/mol. The summed E-state index contributed by atoms with van der Waals surface area (Å²) < 4.78 is 2.57. The van der Waals surface area contributed by atoms with E-state index < -0.39 is 0 Å². The molecule has 0 amide bonds. The predicted octanol–water partition coefficient (Wildman–Crippen LogP) is 6.19. The average molecular weight is 357 g/mol. The van der Waals surface area contributed by atoms with E-state index in [9.17, 15) is 0 Å². The molecule has 0 bridgehead atoms. The van der Waals surface area contributed by atoms with Crippen LogP contribution in [0, 0.1) is 5.92 Å². The van der Waals surface area contributed by atoms with Gasteiger partial charge in [-0.1, -0.05) is 67.8 Å². The average Bonchev–Trinajstić information content (AvgIpc) is 2.98. The number of benzene rings is 2. The van der Waals surface area contributed by atoms with E-state index in [0.29, 0.717) is 5.92 Å². The second-order valence-corrected chi connectivity index (χ2v) is 9.08. The molecule has 27 heavy (non-hydrogen) atoms. The van der Waals surface area contributed by atoms with Crippen LogP contribution in [0.1, 0.15) is 57.1 Å². The van der Waals surface area contributed by atoms with Crippen LogP contribution in [0.2, 0.25) is 0 Å². The molecule has 0 unspecified atom stereocenters. The van der Waals surface area contributed by atoms with Crippen molar-refractivity contribution in [3.63, 3.8) is 0 Å². The Balaban J connectivity index is 1.77. The lowest BCUT2D eigenvalue weighted by molar-refractivity contribution is -0.501. The van der Waals surface area contributed by atoms with Crippen molar-refractivity contribution in [2.45, 2.75) is 63.3 Å². The first-order chi connectivity index (χ1) is 13.1. The molecule has 0 aromatic heterocycles. The number of nitrogens with zero attached hydrogens (tertiary/aromatic N) is 1. The van der Waals surface area contributed by atoms with Gasteiger partial charge in [0.1, 0.15) is 5.41 Å². The molecule has 1 aliphatic heterocycles. The summed E-state index contributed by atoms with van der Waals surface area (Å²) in [5.41, 5.74) is 6.10. The van der Waals surface area contributed by atoms with Crippen LogP contribution in [0.5, 0.6) is 0 Å². The largest absolute Gasteiger partial charge is 0.205 e. The van der Waals surface area contributed by atoms with Crippen molar-refractivity contribution in [1.29, 1.82) is 0 Å². The van der Waals surface area contributed by atoms with Crippen molar-refractivity contribution >= 4 is 11.9 Å². The van der Waals surface area contributed by atoms with Crippen LogP contribution in [-0.2, 0) is 11.8 Å². The standard InChI is InChI=1S/C26H30N/c1-25(2)24-18-17-20-11-9-10-16-23(20)26(24,21-12-5-3-6-13-21)19-27(25)22-14-7-4-8-15-22/h4,7-11,14-16,18-19,21H,3,5-6,12-13,17H2,1-2H3/q+1/t26-/m1/s1. The fourth-order valence-corrected chi connectivity index (χ4v) is 6.11. The van der Waals surface area contributed by atoms with E-state index in [0.717, 1.165) is 6.42 Å². The van der Waals surface area contributed by atoms with Gasteiger partial charge in [-0.25, -0.2) is 0 Å². The highest BCUT2D eigenvalue weighted by Gasteiger charge is 2.60. The lowest BCUT2D eigenvalue weighted by atomic mass is 9.57. The first-order valence-corrected chi connectivity index (χ1v) is 10.6. The SMILES string of the molecule is CC1(C)C2=CCc3ccccc3[C@]2(C2CCCCC2)C=[N+]1c1ccccc1. The summed E-state index contributed by atoms with van der Waals surface area (Å²) in [4.78, 5) is 0. The Morgan fingerprint density at radius 3 is 2.33 bits per heavy atom. The molecule has 2 aromatic carbocycles. The van der Waals surface area contributed by atoms with Crippen molar-refractivity contribution in [1.82, 2.24) is 0 Å². The fraction of sp³-hybridized carbons (Fsp3) is 0.423.